The average Bonchev–Trinajstić information content (AvgIpc) is 3.35. The largest absolute Gasteiger partial charge is 0.461 e. The van der Waals surface area contributed by atoms with E-state index < -0.39 is 26.6 Å². The number of nitrogens with one attached hydrogen (secondary N) is 1. The Labute approximate surface area is 194 Å². The van der Waals surface area contributed by atoms with E-state index in [0.29, 0.717) is 22.3 Å². The third-order valence-electron chi connectivity index (χ3n) is 5.00. The number of aromatic nitrogens is 2. The highest BCUT2D eigenvalue weighted by molar-refractivity contribution is 7.98. The van der Waals surface area contributed by atoms with E-state index >= 15 is 0 Å². The Kier molecular flexibility index (Phi) is 6.79. The molecule has 1 fully saturated rings. The van der Waals surface area contributed by atoms with Crippen molar-refractivity contribution >= 4 is 33.4 Å². The zero-order valence-corrected chi connectivity index (χ0v) is 19.5. The number of hydrogen-bond acceptors (Lipinski definition) is 8. The normalized spacial score (nSPS) is 14.9. The van der Waals surface area contributed by atoms with E-state index in [1.165, 1.54) is 24.1 Å². The number of morpholine rings is 1. The van der Waals surface area contributed by atoms with E-state index in [-0.39, 0.29) is 37.6 Å². The van der Waals surface area contributed by atoms with E-state index in [2.05, 4.69) is 15.3 Å². The minimum absolute atomic E-state index is 0.133. The SMILES string of the molecule is CSc1nc(-c2ccco2)nc(C)c1C(=O)Nc1ccc(F)c(S(=O)(=O)N2CCOCC2)c1. The fourth-order valence-electron chi connectivity index (χ4n) is 3.37. The summed E-state index contributed by atoms with van der Waals surface area (Å²) in [7, 11) is -4.08. The molecular weight excluding hydrogens is 471 g/mol. The number of thioether (sulfide) groups is 1. The van der Waals surface area contributed by atoms with Crippen LogP contribution >= 0.6 is 11.8 Å². The van der Waals surface area contributed by atoms with Gasteiger partial charge in [-0.2, -0.15) is 4.31 Å². The molecule has 0 atom stereocenters. The summed E-state index contributed by atoms with van der Waals surface area (Å²) in [5, 5.41) is 3.07. The average molecular weight is 493 g/mol. The topological polar surface area (TPSA) is 115 Å². The highest BCUT2D eigenvalue weighted by Crippen LogP contribution is 2.28. The summed E-state index contributed by atoms with van der Waals surface area (Å²) < 4.78 is 51.9. The van der Waals surface area contributed by atoms with Gasteiger partial charge in [0.1, 0.15) is 15.7 Å². The van der Waals surface area contributed by atoms with Crippen molar-refractivity contribution in [2.75, 3.05) is 37.9 Å². The van der Waals surface area contributed by atoms with Gasteiger partial charge in [-0.25, -0.2) is 22.8 Å². The molecule has 1 amide bonds. The number of rotatable bonds is 6. The molecule has 0 aliphatic carbocycles. The van der Waals surface area contributed by atoms with Crippen molar-refractivity contribution in [3.8, 4) is 11.6 Å². The number of sulfonamides is 1. The minimum Gasteiger partial charge on any atom is -0.461 e. The van der Waals surface area contributed by atoms with Crippen LogP contribution in [-0.4, -0.2) is 61.2 Å². The molecule has 1 saturated heterocycles. The van der Waals surface area contributed by atoms with E-state index in [4.69, 9.17) is 9.15 Å². The second-order valence-corrected chi connectivity index (χ2v) is 9.81. The second-order valence-electron chi connectivity index (χ2n) is 7.11. The first-order valence-corrected chi connectivity index (χ1v) is 12.6. The first-order valence-electron chi connectivity index (χ1n) is 9.96. The first-order chi connectivity index (χ1) is 15.8. The molecule has 1 aliphatic heterocycles. The van der Waals surface area contributed by atoms with Crippen molar-refractivity contribution < 1.29 is 26.8 Å². The van der Waals surface area contributed by atoms with Crippen LogP contribution in [0.25, 0.3) is 11.6 Å². The predicted molar refractivity (Wildman–Crippen MR) is 120 cm³/mol. The Morgan fingerprint density at radius 3 is 2.64 bits per heavy atom. The molecule has 174 valence electrons. The molecule has 33 heavy (non-hydrogen) atoms. The lowest BCUT2D eigenvalue weighted by Crippen LogP contribution is -2.40. The summed E-state index contributed by atoms with van der Waals surface area (Å²) in [5.74, 6) is -0.619. The van der Waals surface area contributed by atoms with Crippen LogP contribution in [0.5, 0.6) is 0 Å². The third kappa shape index (κ3) is 4.78. The van der Waals surface area contributed by atoms with Crippen LogP contribution in [0.4, 0.5) is 10.1 Å². The maximum atomic E-state index is 14.5. The molecule has 0 unspecified atom stereocenters. The zero-order chi connectivity index (χ0) is 23.6. The summed E-state index contributed by atoms with van der Waals surface area (Å²) in [4.78, 5) is 21.3. The summed E-state index contributed by atoms with van der Waals surface area (Å²) in [6.45, 7) is 2.41. The lowest BCUT2D eigenvalue weighted by molar-refractivity contribution is 0.0729. The molecular formula is C21H21FN4O5S2. The number of anilines is 1. The number of carbonyl (C=O) groups is 1. The molecule has 12 heteroatoms. The summed E-state index contributed by atoms with van der Waals surface area (Å²) in [5.41, 5.74) is 0.788. The molecule has 1 N–H and O–H groups in total. The number of amides is 1. The van der Waals surface area contributed by atoms with Crippen LogP contribution in [-0.2, 0) is 14.8 Å². The van der Waals surface area contributed by atoms with E-state index in [0.717, 1.165) is 16.4 Å². The number of halogens is 1. The van der Waals surface area contributed by atoms with Crippen LogP contribution < -0.4 is 5.32 Å². The monoisotopic (exact) mass is 492 g/mol. The third-order valence-corrected chi connectivity index (χ3v) is 7.59. The molecule has 2 aromatic heterocycles. The molecule has 1 aliphatic rings. The van der Waals surface area contributed by atoms with Gasteiger partial charge < -0.3 is 14.5 Å². The number of carbonyl (C=O) groups excluding carboxylic acids is 1. The van der Waals surface area contributed by atoms with Gasteiger partial charge in [0.15, 0.2) is 11.6 Å². The van der Waals surface area contributed by atoms with Gasteiger partial charge in [-0.3, -0.25) is 4.79 Å². The Hall–Kier alpha value is -2.80. The number of benzene rings is 1. The molecule has 1 aromatic carbocycles. The fraction of sp³-hybridized carbons (Fsp3) is 0.286. The number of hydrogen-bond donors (Lipinski definition) is 1. The fourth-order valence-corrected chi connectivity index (χ4v) is 5.49. The van der Waals surface area contributed by atoms with Gasteiger partial charge in [0.2, 0.25) is 10.0 Å². The number of nitrogens with zero attached hydrogens (tertiary/aromatic N) is 3. The Morgan fingerprint density at radius 2 is 1.97 bits per heavy atom. The quantitative estimate of drug-likeness (QED) is 0.412. The van der Waals surface area contributed by atoms with E-state index in [1.54, 1.807) is 25.3 Å². The number of aryl methyl sites for hydroxylation is 1. The molecule has 4 rings (SSSR count). The van der Waals surface area contributed by atoms with Crippen molar-refractivity contribution in [3.63, 3.8) is 0 Å². The van der Waals surface area contributed by atoms with Crippen LogP contribution in [0, 0.1) is 12.7 Å². The van der Waals surface area contributed by atoms with Gasteiger partial charge in [0.05, 0.1) is 30.7 Å². The van der Waals surface area contributed by atoms with Gasteiger partial charge in [0, 0.05) is 18.8 Å². The van der Waals surface area contributed by atoms with Gasteiger partial charge >= 0.3 is 0 Å². The van der Waals surface area contributed by atoms with Crippen LogP contribution in [0.3, 0.4) is 0 Å². The Balaban J connectivity index is 1.64. The number of ether oxygens (including phenoxy) is 1. The van der Waals surface area contributed by atoms with Crippen molar-refractivity contribution in [2.24, 2.45) is 0 Å². The standard InChI is InChI=1S/C21H21FN4O5S2/c1-13-18(21(32-2)25-19(23-13)16-4-3-9-31-16)20(27)24-14-5-6-15(22)17(12-14)33(28,29)26-7-10-30-11-8-26/h3-6,9,12H,7-8,10-11H2,1-2H3,(H,24,27). The lowest BCUT2D eigenvalue weighted by atomic mass is 10.2. The summed E-state index contributed by atoms with van der Waals surface area (Å²) in [6, 6.07) is 6.86. The second kappa shape index (κ2) is 9.59. The summed E-state index contributed by atoms with van der Waals surface area (Å²) >= 11 is 1.26. The van der Waals surface area contributed by atoms with Crippen molar-refractivity contribution in [1.29, 1.82) is 0 Å². The van der Waals surface area contributed by atoms with E-state index in [9.17, 15) is 17.6 Å². The van der Waals surface area contributed by atoms with Crippen LogP contribution in [0.1, 0.15) is 16.1 Å². The smallest absolute Gasteiger partial charge is 0.260 e. The van der Waals surface area contributed by atoms with Crippen LogP contribution in [0.15, 0.2) is 50.9 Å². The Morgan fingerprint density at radius 1 is 1.21 bits per heavy atom. The highest BCUT2D eigenvalue weighted by Gasteiger charge is 2.29. The van der Waals surface area contributed by atoms with Gasteiger partial charge in [-0.1, -0.05) is 0 Å². The maximum absolute atomic E-state index is 14.5. The van der Waals surface area contributed by atoms with Gasteiger partial charge in [-0.15, -0.1) is 11.8 Å². The molecule has 0 bridgehead atoms. The van der Waals surface area contributed by atoms with Crippen LogP contribution in [0.2, 0.25) is 0 Å². The highest BCUT2D eigenvalue weighted by atomic mass is 32.2. The minimum atomic E-state index is -4.08. The number of furan rings is 1. The zero-order valence-electron chi connectivity index (χ0n) is 17.9. The predicted octanol–water partition coefficient (Wildman–Crippen LogP) is 3.18. The maximum Gasteiger partial charge on any atom is 0.260 e. The lowest BCUT2D eigenvalue weighted by Gasteiger charge is -2.26. The van der Waals surface area contributed by atoms with Gasteiger partial charge in [0.25, 0.3) is 5.91 Å². The molecule has 9 nitrogen and oxygen atoms in total. The summed E-state index contributed by atoms with van der Waals surface area (Å²) in [6.07, 6.45) is 3.28. The van der Waals surface area contributed by atoms with Crippen molar-refractivity contribution in [3.05, 3.63) is 53.7 Å². The molecule has 3 heterocycles. The molecule has 0 saturated carbocycles. The van der Waals surface area contributed by atoms with Gasteiger partial charge in [-0.05, 0) is 43.5 Å². The van der Waals surface area contributed by atoms with Crippen molar-refractivity contribution in [1.82, 2.24) is 14.3 Å². The molecule has 0 spiro atoms. The molecule has 3 aromatic rings. The first kappa shape index (κ1) is 23.4. The molecule has 0 radical (unpaired) electrons. The van der Waals surface area contributed by atoms with Crippen molar-refractivity contribution in [2.45, 2.75) is 16.8 Å². The van der Waals surface area contributed by atoms with E-state index in [1.807, 2.05) is 0 Å². The Bertz CT molecular complexity index is 1280.